The molecule has 3 aliphatic rings. The maximum Gasteiger partial charge on any atom is 0.282 e. The third kappa shape index (κ3) is 5.27. The van der Waals surface area contributed by atoms with Crippen molar-refractivity contribution in [2.75, 3.05) is 39.8 Å². The van der Waals surface area contributed by atoms with Crippen LogP contribution in [0.5, 0.6) is 5.75 Å². The molecule has 12 heteroatoms. The molecule has 2 amide bonds. The fourth-order valence-corrected chi connectivity index (χ4v) is 6.68. The lowest BCUT2D eigenvalue weighted by Gasteiger charge is -2.41. The van der Waals surface area contributed by atoms with Crippen molar-refractivity contribution in [1.82, 2.24) is 18.8 Å². The van der Waals surface area contributed by atoms with Crippen molar-refractivity contribution >= 4 is 22.0 Å². The predicted octanol–water partition coefficient (Wildman–Crippen LogP) is 0.854. The Labute approximate surface area is 204 Å². The highest BCUT2D eigenvalue weighted by Gasteiger charge is 2.44. The fraction of sp³-hybridized carbons (Fsp3) is 0.609. The third-order valence-electron chi connectivity index (χ3n) is 6.94. The maximum atomic E-state index is 13.9. The van der Waals surface area contributed by atoms with Crippen LogP contribution in [0.4, 0.5) is 4.39 Å². The molecule has 2 atom stereocenters. The minimum atomic E-state index is -3.71. The zero-order chi connectivity index (χ0) is 25.2. The molecular weight excluding hydrogens is 477 g/mol. The number of rotatable bonds is 7. The van der Waals surface area contributed by atoms with E-state index in [1.54, 1.807) is 11.0 Å². The number of benzene rings is 1. The molecule has 35 heavy (non-hydrogen) atoms. The van der Waals surface area contributed by atoms with Crippen LogP contribution in [0.2, 0.25) is 0 Å². The number of halogens is 1. The first-order valence-corrected chi connectivity index (χ1v) is 13.2. The van der Waals surface area contributed by atoms with E-state index in [0.717, 1.165) is 0 Å². The topological polar surface area (TPSA) is 123 Å². The first kappa shape index (κ1) is 25.3. The number of nitrogens with one attached hydrogen (secondary N) is 1. The van der Waals surface area contributed by atoms with Gasteiger partial charge in [0.2, 0.25) is 11.8 Å². The number of carbonyl (C=O) groups is 2. The van der Waals surface area contributed by atoms with E-state index in [2.05, 4.69) is 11.4 Å². The summed E-state index contributed by atoms with van der Waals surface area (Å²) in [6.45, 7) is 1.33. The Morgan fingerprint density at radius 2 is 1.91 bits per heavy atom. The molecule has 10 nitrogen and oxygen atoms in total. The van der Waals surface area contributed by atoms with E-state index in [1.165, 1.54) is 27.9 Å². The Hall–Kier alpha value is -2.75. The van der Waals surface area contributed by atoms with Crippen molar-refractivity contribution < 1.29 is 27.1 Å². The monoisotopic (exact) mass is 507 g/mol. The van der Waals surface area contributed by atoms with Crippen molar-refractivity contribution in [2.24, 2.45) is 11.8 Å². The molecule has 1 N–H and O–H groups in total. The van der Waals surface area contributed by atoms with Gasteiger partial charge in [-0.05, 0) is 43.4 Å². The van der Waals surface area contributed by atoms with Crippen LogP contribution in [0.25, 0.3) is 0 Å². The van der Waals surface area contributed by atoms with Crippen LogP contribution in [0.3, 0.4) is 0 Å². The molecule has 1 aromatic carbocycles. The van der Waals surface area contributed by atoms with Crippen LogP contribution in [0, 0.1) is 29.0 Å². The molecular formula is C23H30FN5O5S. The van der Waals surface area contributed by atoms with Gasteiger partial charge in [-0.3, -0.25) is 9.59 Å². The number of ether oxygens (including phenoxy) is 1. The van der Waals surface area contributed by atoms with Gasteiger partial charge in [0, 0.05) is 39.3 Å². The van der Waals surface area contributed by atoms with Gasteiger partial charge in [0.15, 0.2) is 11.6 Å². The molecule has 0 radical (unpaired) electrons. The van der Waals surface area contributed by atoms with Gasteiger partial charge in [0.1, 0.15) is 6.04 Å². The summed E-state index contributed by atoms with van der Waals surface area (Å²) in [5, 5.41) is 11.7. The summed E-state index contributed by atoms with van der Waals surface area (Å²) < 4.78 is 47.2. The molecule has 3 aliphatic heterocycles. The normalized spacial score (nSPS) is 24.0. The number of nitrogens with zero attached hydrogens (tertiary/aromatic N) is 4. The Balaban J connectivity index is 1.35. The van der Waals surface area contributed by atoms with E-state index < -0.39 is 28.0 Å². The Morgan fingerprint density at radius 1 is 1.17 bits per heavy atom. The van der Waals surface area contributed by atoms with Crippen molar-refractivity contribution in [3.63, 3.8) is 0 Å². The summed E-state index contributed by atoms with van der Waals surface area (Å²) in [7, 11) is -2.33. The molecule has 3 saturated heterocycles. The molecule has 0 bridgehead atoms. The number of nitriles is 1. The number of hydrogen-bond acceptors (Lipinski definition) is 6. The quantitative estimate of drug-likeness (QED) is 0.584. The van der Waals surface area contributed by atoms with Crippen LogP contribution in [0.1, 0.15) is 31.2 Å². The lowest BCUT2D eigenvalue weighted by molar-refractivity contribution is -0.142. The average molecular weight is 508 g/mol. The summed E-state index contributed by atoms with van der Waals surface area (Å²) in [6.07, 6.45) is 2.31. The highest BCUT2D eigenvalue weighted by atomic mass is 32.2. The highest BCUT2D eigenvalue weighted by molar-refractivity contribution is 7.86. The van der Waals surface area contributed by atoms with E-state index in [-0.39, 0.29) is 49.7 Å². The molecule has 0 aliphatic carbocycles. The average Bonchev–Trinajstić information content (AvgIpc) is 3.31. The van der Waals surface area contributed by atoms with Crippen LogP contribution in [-0.4, -0.2) is 79.6 Å². The van der Waals surface area contributed by atoms with E-state index >= 15 is 0 Å². The molecule has 0 saturated carbocycles. The SMILES string of the molecule is COc1ccc(CNC(=O)[C@H]2CCCN2C(=O)[C@H]2CCCN(S(=O)(=O)N3CC(C#N)C3)C2)cc1F. The van der Waals surface area contributed by atoms with Crippen LogP contribution >= 0.6 is 0 Å². The smallest absolute Gasteiger partial charge is 0.282 e. The number of hydrogen-bond donors (Lipinski definition) is 1. The molecule has 1 aromatic rings. The Morgan fingerprint density at radius 3 is 2.60 bits per heavy atom. The Kier molecular flexibility index (Phi) is 7.59. The summed E-state index contributed by atoms with van der Waals surface area (Å²) in [4.78, 5) is 27.8. The van der Waals surface area contributed by atoms with Gasteiger partial charge in [0.25, 0.3) is 10.2 Å². The van der Waals surface area contributed by atoms with E-state index in [0.29, 0.717) is 44.3 Å². The second-order valence-corrected chi connectivity index (χ2v) is 11.2. The van der Waals surface area contributed by atoms with Crippen molar-refractivity contribution in [3.8, 4) is 11.8 Å². The summed E-state index contributed by atoms with van der Waals surface area (Å²) in [5.74, 6) is -1.72. The fourth-order valence-electron chi connectivity index (χ4n) is 4.89. The van der Waals surface area contributed by atoms with Crippen LogP contribution in [0.15, 0.2) is 18.2 Å². The van der Waals surface area contributed by atoms with Gasteiger partial charge >= 0.3 is 0 Å². The number of piperidine rings is 1. The largest absolute Gasteiger partial charge is 0.494 e. The first-order valence-electron chi connectivity index (χ1n) is 11.8. The summed E-state index contributed by atoms with van der Waals surface area (Å²) in [6, 6.07) is 5.88. The van der Waals surface area contributed by atoms with E-state index in [4.69, 9.17) is 10.00 Å². The lowest BCUT2D eigenvalue weighted by Crippen LogP contribution is -2.57. The summed E-state index contributed by atoms with van der Waals surface area (Å²) >= 11 is 0. The lowest BCUT2D eigenvalue weighted by atomic mass is 9.97. The number of amides is 2. The Bertz CT molecular complexity index is 1120. The minimum Gasteiger partial charge on any atom is -0.494 e. The first-order chi connectivity index (χ1) is 16.7. The second-order valence-electron chi connectivity index (χ2n) is 9.22. The number of methoxy groups -OCH3 is 1. The standard InChI is InChI=1S/C23H30FN5O5S/c1-34-21-7-6-16(10-19(21)24)12-26-22(30)20-5-3-9-29(20)23(31)18-4-2-8-27(15-18)35(32,33)28-13-17(11-25)14-28/h6-7,10,17-18,20H,2-5,8-9,12-15H2,1H3,(H,26,30)/t18-,20+/m0/s1. The molecule has 0 spiro atoms. The number of likely N-dealkylation sites (tertiary alicyclic amines) is 1. The highest BCUT2D eigenvalue weighted by Crippen LogP contribution is 2.29. The third-order valence-corrected chi connectivity index (χ3v) is 8.87. The zero-order valence-electron chi connectivity index (χ0n) is 19.7. The maximum absolute atomic E-state index is 13.9. The van der Waals surface area contributed by atoms with Gasteiger partial charge in [-0.2, -0.15) is 22.3 Å². The number of carbonyl (C=O) groups excluding carboxylic acids is 2. The van der Waals surface area contributed by atoms with Crippen LogP contribution in [-0.2, 0) is 26.3 Å². The van der Waals surface area contributed by atoms with Crippen LogP contribution < -0.4 is 10.1 Å². The minimum absolute atomic E-state index is 0.0743. The van der Waals surface area contributed by atoms with Crippen molar-refractivity contribution in [2.45, 2.75) is 38.3 Å². The van der Waals surface area contributed by atoms with Gasteiger partial charge in [0.05, 0.1) is 25.0 Å². The van der Waals surface area contributed by atoms with Gasteiger partial charge in [-0.1, -0.05) is 6.07 Å². The second kappa shape index (κ2) is 10.5. The van der Waals surface area contributed by atoms with E-state index in [9.17, 15) is 22.4 Å². The van der Waals surface area contributed by atoms with E-state index in [1.807, 2.05) is 0 Å². The summed E-state index contributed by atoms with van der Waals surface area (Å²) in [5.41, 5.74) is 0.574. The van der Waals surface area contributed by atoms with Gasteiger partial charge < -0.3 is 15.0 Å². The van der Waals surface area contributed by atoms with Crippen molar-refractivity contribution in [3.05, 3.63) is 29.6 Å². The molecule has 0 unspecified atom stereocenters. The van der Waals surface area contributed by atoms with Gasteiger partial charge in [-0.25, -0.2) is 4.39 Å². The van der Waals surface area contributed by atoms with Crippen molar-refractivity contribution in [1.29, 1.82) is 5.26 Å². The molecule has 190 valence electrons. The predicted molar refractivity (Wildman–Crippen MR) is 123 cm³/mol. The molecule has 4 rings (SSSR count). The zero-order valence-corrected chi connectivity index (χ0v) is 20.5. The molecule has 3 heterocycles. The van der Waals surface area contributed by atoms with Gasteiger partial charge in [-0.15, -0.1) is 0 Å². The molecule has 3 fully saturated rings. The molecule has 0 aromatic heterocycles.